The lowest BCUT2D eigenvalue weighted by Crippen LogP contribution is -2.07. The summed E-state index contributed by atoms with van der Waals surface area (Å²) in [6, 6.07) is 6.06. The Kier molecular flexibility index (Phi) is 1.72. The van der Waals surface area contributed by atoms with Crippen molar-refractivity contribution in [1.29, 1.82) is 5.26 Å². The zero-order valence-corrected chi connectivity index (χ0v) is 5.56. The Hall–Kier alpha value is -1.30. The van der Waals surface area contributed by atoms with E-state index in [4.69, 9.17) is 5.26 Å². The van der Waals surface area contributed by atoms with E-state index in [1.165, 1.54) is 18.2 Å². The highest BCUT2D eigenvalue weighted by atomic mass is 19.1. The summed E-state index contributed by atoms with van der Waals surface area (Å²) in [6.45, 7) is 0. The number of hydrogen-bond donors (Lipinski definition) is 0. The molecule has 1 aromatic carbocycles. The highest BCUT2D eigenvalue weighted by Crippen LogP contribution is 1.96. The predicted octanol–water partition coefficient (Wildman–Crippen LogP) is -0.0442. The fourth-order valence-electron chi connectivity index (χ4n) is 0.753. The van der Waals surface area contributed by atoms with Crippen LogP contribution in [0, 0.1) is 17.1 Å². The molecule has 0 aliphatic carbocycles. The van der Waals surface area contributed by atoms with E-state index >= 15 is 0 Å². The van der Waals surface area contributed by atoms with Gasteiger partial charge in [-0.3, -0.25) is 0 Å². The van der Waals surface area contributed by atoms with Crippen molar-refractivity contribution in [2.24, 2.45) is 0 Å². The Morgan fingerprint density at radius 1 is 1.50 bits per heavy atom. The van der Waals surface area contributed by atoms with Crippen molar-refractivity contribution >= 4 is 13.3 Å². The first-order valence-electron chi connectivity index (χ1n) is 2.90. The second kappa shape index (κ2) is 2.53. The van der Waals surface area contributed by atoms with Gasteiger partial charge in [-0.25, -0.2) is 4.39 Å². The zero-order chi connectivity index (χ0) is 7.56. The van der Waals surface area contributed by atoms with Crippen LogP contribution in [0.3, 0.4) is 0 Å². The average molecular weight is 133 g/mol. The molecule has 10 heavy (non-hydrogen) atoms. The van der Waals surface area contributed by atoms with Gasteiger partial charge in [-0.2, -0.15) is 5.26 Å². The number of nitrogens with zero attached hydrogens (tertiary/aromatic N) is 1. The monoisotopic (exact) mass is 133 g/mol. The molecule has 0 spiro atoms. The minimum atomic E-state index is -0.295. The molecular formula is C7H5BFN. The number of halogens is 1. The van der Waals surface area contributed by atoms with Gasteiger partial charge in [0.2, 0.25) is 0 Å². The summed E-state index contributed by atoms with van der Waals surface area (Å²) in [5.41, 5.74) is 1.21. The van der Waals surface area contributed by atoms with Gasteiger partial charge in [-0.05, 0) is 18.2 Å². The van der Waals surface area contributed by atoms with Crippen molar-refractivity contribution in [3.63, 3.8) is 0 Å². The van der Waals surface area contributed by atoms with Gasteiger partial charge in [0.15, 0.2) is 0 Å². The van der Waals surface area contributed by atoms with E-state index in [1.807, 2.05) is 6.07 Å². The number of rotatable bonds is 0. The molecule has 1 rings (SSSR count). The Balaban J connectivity index is 3.23. The lowest BCUT2D eigenvalue weighted by Gasteiger charge is -1.93. The van der Waals surface area contributed by atoms with Crippen molar-refractivity contribution in [2.75, 3.05) is 0 Å². The van der Waals surface area contributed by atoms with Crippen LogP contribution >= 0.6 is 0 Å². The molecule has 1 aromatic rings. The molecule has 48 valence electrons. The number of benzene rings is 1. The maximum Gasteiger partial charge on any atom is 0.141 e. The van der Waals surface area contributed by atoms with E-state index in [-0.39, 0.29) is 5.82 Å². The summed E-state index contributed by atoms with van der Waals surface area (Å²) in [4.78, 5) is 0. The quantitative estimate of drug-likeness (QED) is 0.455. The van der Waals surface area contributed by atoms with Crippen molar-refractivity contribution in [2.45, 2.75) is 0 Å². The Bertz CT molecular complexity index is 290. The van der Waals surface area contributed by atoms with Gasteiger partial charge in [0.25, 0.3) is 0 Å². The van der Waals surface area contributed by atoms with Gasteiger partial charge in [-0.15, -0.1) is 0 Å². The number of hydrogen-bond acceptors (Lipinski definition) is 1. The van der Waals surface area contributed by atoms with E-state index in [1.54, 1.807) is 7.85 Å². The summed E-state index contributed by atoms with van der Waals surface area (Å²) in [7, 11) is 1.71. The van der Waals surface area contributed by atoms with E-state index in [0.29, 0.717) is 11.0 Å². The van der Waals surface area contributed by atoms with Crippen molar-refractivity contribution < 1.29 is 4.39 Å². The van der Waals surface area contributed by atoms with Crippen LogP contribution in [0.25, 0.3) is 0 Å². The molecule has 0 aliphatic rings. The maximum absolute atomic E-state index is 12.4. The van der Waals surface area contributed by atoms with Gasteiger partial charge < -0.3 is 0 Å². The molecule has 0 N–H and O–H groups in total. The molecule has 1 nitrogen and oxygen atoms in total. The molecule has 0 aromatic heterocycles. The highest BCUT2D eigenvalue weighted by molar-refractivity contribution is 6.33. The van der Waals surface area contributed by atoms with Crippen molar-refractivity contribution in [1.82, 2.24) is 0 Å². The second-order valence-electron chi connectivity index (χ2n) is 2.07. The first-order chi connectivity index (χ1) is 4.74. The molecule has 0 unspecified atom stereocenters. The van der Waals surface area contributed by atoms with E-state index in [2.05, 4.69) is 0 Å². The fourth-order valence-corrected chi connectivity index (χ4v) is 0.753. The molecule has 0 amide bonds. The lowest BCUT2D eigenvalue weighted by atomic mass is 9.91. The first-order valence-corrected chi connectivity index (χ1v) is 2.90. The summed E-state index contributed by atoms with van der Waals surface area (Å²) >= 11 is 0. The third kappa shape index (κ3) is 1.16. The van der Waals surface area contributed by atoms with Crippen LogP contribution < -0.4 is 5.46 Å². The number of nitriles is 1. The van der Waals surface area contributed by atoms with Crippen LogP contribution in [0.15, 0.2) is 18.2 Å². The molecule has 0 bridgehead atoms. The van der Waals surface area contributed by atoms with Crippen LogP contribution in [0.5, 0.6) is 0 Å². The van der Waals surface area contributed by atoms with Gasteiger partial charge in [-0.1, -0.05) is 5.46 Å². The van der Waals surface area contributed by atoms with Crippen LogP contribution in [0.2, 0.25) is 0 Å². The van der Waals surface area contributed by atoms with E-state index < -0.39 is 0 Å². The Labute approximate surface area is 59.5 Å². The normalized spacial score (nSPS) is 8.80. The van der Waals surface area contributed by atoms with E-state index in [9.17, 15) is 4.39 Å². The largest absolute Gasteiger partial charge is 0.207 e. The van der Waals surface area contributed by atoms with Crippen LogP contribution in [0.4, 0.5) is 4.39 Å². The van der Waals surface area contributed by atoms with Gasteiger partial charge >= 0.3 is 0 Å². The minimum absolute atomic E-state index is 0.295. The first kappa shape index (κ1) is 6.82. The molecule has 0 radical (unpaired) electrons. The van der Waals surface area contributed by atoms with Crippen LogP contribution in [-0.2, 0) is 0 Å². The molecule has 0 atom stereocenters. The smallest absolute Gasteiger partial charge is 0.141 e. The summed E-state index contributed by atoms with van der Waals surface area (Å²) in [5, 5.41) is 8.44. The van der Waals surface area contributed by atoms with Gasteiger partial charge in [0, 0.05) is 5.56 Å². The van der Waals surface area contributed by atoms with Crippen LogP contribution in [0.1, 0.15) is 5.56 Å². The van der Waals surface area contributed by atoms with Gasteiger partial charge in [0.1, 0.15) is 13.7 Å². The molecule has 0 heterocycles. The zero-order valence-electron chi connectivity index (χ0n) is 5.56. The molecule has 0 saturated carbocycles. The van der Waals surface area contributed by atoms with Crippen molar-refractivity contribution in [3.8, 4) is 6.07 Å². The molecule has 3 heteroatoms. The van der Waals surface area contributed by atoms with Gasteiger partial charge in [0.05, 0.1) is 6.07 Å². The Morgan fingerprint density at radius 3 is 2.70 bits per heavy atom. The standard InChI is InChI=1S/C7H5BFN/c8-7-3-6(9)2-1-5(7)4-10/h1-3H,8H2. The summed E-state index contributed by atoms with van der Waals surface area (Å²) in [5.74, 6) is -0.295. The van der Waals surface area contributed by atoms with E-state index in [0.717, 1.165) is 0 Å². The highest BCUT2D eigenvalue weighted by Gasteiger charge is 1.96. The fraction of sp³-hybridized carbons (Fsp3) is 0. The molecule has 0 aliphatic heterocycles. The van der Waals surface area contributed by atoms with Crippen LogP contribution in [-0.4, -0.2) is 7.85 Å². The predicted molar refractivity (Wildman–Crippen MR) is 39.3 cm³/mol. The Morgan fingerprint density at radius 2 is 2.20 bits per heavy atom. The molecular weight excluding hydrogens is 128 g/mol. The lowest BCUT2D eigenvalue weighted by molar-refractivity contribution is 0.629. The average Bonchev–Trinajstić information content (AvgIpc) is 1.88. The van der Waals surface area contributed by atoms with Crippen molar-refractivity contribution in [3.05, 3.63) is 29.6 Å². The summed E-state index contributed by atoms with van der Waals surface area (Å²) < 4.78 is 12.4. The molecule has 0 saturated heterocycles. The molecule has 0 fully saturated rings. The third-order valence-electron chi connectivity index (χ3n) is 1.31. The third-order valence-corrected chi connectivity index (χ3v) is 1.31. The SMILES string of the molecule is Bc1cc(F)ccc1C#N. The summed E-state index contributed by atoms with van der Waals surface area (Å²) in [6.07, 6.45) is 0. The minimum Gasteiger partial charge on any atom is -0.207 e. The topological polar surface area (TPSA) is 23.8 Å². The second-order valence-corrected chi connectivity index (χ2v) is 2.07. The maximum atomic E-state index is 12.4.